The summed E-state index contributed by atoms with van der Waals surface area (Å²) in [5, 5.41) is 1.61. The van der Waals surface area contributed by atoms with Crippen LogP contribution >= 0.6 is 0 Å². The number of fused-ring (bicyclic) bond motifs is 1. The van der Waals surface area contributed by atoms with Gasteiger partial charge in [0, 0.05) is 16.6 Å². The molecule has 0 aliphatic carbocycles. The fourth-order valence-corrected chi connectivity index (χ4v) is 7.47. The quantitative estimate of drug-likeness (QED) is 0.105. The van der Waals surface area contributed by atoms with Gasteiger partial charge in [-0.25, -0.2) is 22.9 Å². The van der Waals surface area contributed by atoms with E-state index in [0.29, 0.717) is 43.3 Å². The van der Waals surface area contributed by atoms with E-state index in [4.69, 9.17) is 19.0 Å². The number of nitrogens with zero attached hydrogens (tertiary/aromatic N) is 3. The molecule has 2 fully saturated rings. The van der Waals surface area contributed by atoms with Crippen molar-refractivity contribution in [3.63, 3.8) is 0 Å². The Balaban J connectivity index is 1.17. The molecule has 0 saturated carbocycles. The molecule has 2 aliphatic heterocycles. The van der Waals surface area contributed by atoms with Gasteiger partial charge in [-0.15, -0.1) is 0 Å². The van der Waals surface area contributed by atoms with Crippen LogP contribution < -0.4 is 4.74 Å². The first kappa shape index (κ1) is 34.6. The number of cyclic esters (lactones) is 1. The molecule has 3 heterocycles. The first-order chi connectivity index (χ1) is 24.2. The van der Waals surface area contributed by atoms with Crippen molar-refractivity contribution >= 4 is 39.3 Å². The molecule has 0 N–H and O–H groups in total. The summed E-state index contributed by atoms with van der Waals surface area (Å²) < 4.78 is 44.1. The summed E-state index contributed by atoms with van der Waals surface area (Å²) in [6.07, 6.45) is 1.15. The second kappa shape index (κ2) is 15.5. The topological polar surface area (TPSA) is 142 Å². The number of carbonyl (C=O) groups is 3. The van der Waals surface area contributed by atoms with Crippen molar-refractivity contribution in [2.75, 3.05) is 25.6 Å². The van der Waals surface area contributed by atoms with Gasteiger partial charge in [0.15, 0.2) is 9.84 Å². The highest BCUT2D eigenvalue weighted by molar-refractivity contribution is 7.91. The molecule has 1 aromatic heterocycles. The van der Waals surface area contributed by atoms with Crippen LogP contribution in [0.1, 0.15) is 29.7 Å². The van der Waals surface area contributed by atoms with Crippen molar-refractivity contribution in [3.8, 4) is 5.75 Å². The summed E-state index contributed by atoms with van der Waals surface area (Å²) in [7, 11) is -4.04. The lowest BCUT2D eigenvalue weighted by Crippen LogP contribution is -2.46. The summed E-state index contributed by atoms with van der Waals surface area (Å²) in [5.74, 6) is -0.126. The van der Waals surface area contributed by atoms with Gasteiger partial charge in [-0.1, -0.05) is 60.2 Å². The van der Waals surface area contributed by atoms with Crippen molar-refractivity contribution in [1.29, 1.82) is 0 Å². The third kappa shape index (κ3) is 8.29. The van der Waals surface area contributed by atoms with E-state index in [0.717, 1.165) is 38.2 Å². The highest BCUT2D eigenvalue weighted by Crippen LogP contribution is 2.25. The number of para-hydroxylation sites is 1. The summed E-state index contributed by atoms with van der Waals surface area (Å²) in [4.78, 5) is 49.1. The Labute approximate surface area is 290 Å². The van der Waals surface area contributed by atoms with Crippen LogP contribution in [0, 0.1) is 6.92 Å². The minimum atomic E-state index is -4.04. The van der Waals surface area contributed by atoms with Crippen molar-refractivity contribution in [2.24, 2.45) is 0 Å². The zero-order valence-corrected chi connectivity index (χ0v) is 28.3. The number of ether oxygens (including phenoxy) is 3. The van der Waals surface area contributed by atoms with E-state index in [1.807, 2.05) is 67.6 Å². The molecule has 12 nitrogen and oxygen atoms in total. The Hall–Kier alpha value is -5.27. The fourth-order valence-electron chi connectivity index (χ4n) is 6.03. The number of benzene rings is 3. The standard InChI is InChI=1S/C37H37N3O9S/c1-26-19-29(34-9-5-6-10-35(34)38-26)22-47-32-11-13-33(14-12-32)50(44,45)24-31(21-28-15-17-46-18-16-28)39(25-41)49-37(43)40-30(23-48-36(40)42)20-27-7-3-2-4-8-27/h2-14,19,21,25,30-31H,15-18,20,22-24H2,1H3. The van der Waals surface area contributed by atoms with Gasteiger partial charge in [-0.05, 0) is 68.1 Å². The van der Waals surface area contributed by atoms with E-state index in [2.05, 4.69) is 4.98 Å². The normalized spacial score (nSPS) is 16.8. The van der Waals surface area contributed by atoms with Crippen molar-refractivity contribution in [1.82, 2.24) is 14.9 Å². The summed E-state index contributed by atoms with van der Waals surface area (Å²) in [5.41, 5.74) is 4.39. The number of hydrogen-bond acceptors (Lipinski definition) is 10. The average molecular weight is 700 g/mol. The highest BCUT2D eigenvalue weighted by atomic mass is 32.2. The van der Waals surface area contributed by atoms with E-state index in [-0.39, 0.29) is 24.5 Å². The second-order valence-electron chi connectivity index (χ2n) is 12.1. The molecule has 2 aliphatic rings. The zero-order chi connectivity index (χ0) is 35.1. The first-order valence-electron chi connectivity index (χ1n) is 16.2. The van der Waals surface area contributed by atoms with Crippen LogP contribution in [0.15, 0.2) is 101 Å². The number of amides is 3. The second-order valence-corrected chi connectivity index (χ2v) is 14.1. The smallest absolute Gasteiger partial charge is 0.444 e. The number of hydroxylamine groups is 2. The number of sulfone groups is 1. The highest BCUT2D eigenvalue weighted by Gasteiger charge is 2.41. The maximum atomic E-state index is 13.8. The van der Waals surface area contributed by atoms with Gasteiger partial charge in [-0.3, -0.25) is 9.78 Å². The molecule has 4 aromatic rings. The third-order valence-electron chi connectivity index (χ3n) is 8.55. The molecule has 260 valence electrons. The summed E-state index contributed by atoms with van der Waals surface area (Å²) in [6, 6.07) is 23.1. The molecule has 0 bridgehead atoms. The van der Waals surface area contributed by atoms with Gasteiger partial charge in [0.1, 0.15) is 25.0 Å². The van der Waals surface area contributed by atoms with Crippen molar-refractivity contribution in [3.05, 3.63) is 113 Å². The Bertz CT molecular complexity index is 1980. The lowest BCUT2D eigenvalue weighted by Gasteiger charge is -2.28. The third-order valence-corrected chi connectivity index (χ3v) is 10.3. The minimum absolute atomic E-state index is 0.00588. The van der Waals surface area contributed by atoms with Crippen LogP contribution in [-0.2, 0) is 42.0 Å². The fraction of sp³-hybridized carbons (Fsp3) is 0.297. The van der Waals surface area contributed by atoms with Crippen LogP contribution in [-0.4, -0.2) is 79.6 Å². The van der Waals surface area contributed by atoms with E-state index in [9.17, 15) is 22.8 Å². The molecule has 3 aromatic carbocycles. The van der Waals surface area contributed by atoms with Gasteiger partial charge in [0.2, 0.25) is 6.41 Å². The molecule has 0 spiro atoms. The van der Waals surface area contributed by atoms with Crippen LogP contribution in [0.2, 0.25) is 0 Å². The number of imide groups is 1. The first-order valence-corrected chi connectivity index (χ1v) is 17.9. The number of rotatable bonds is 12. The molecule has 2 saturated heterocycles. The predicted octanol–water partition coefficient (Wildman–Crippen LogP) is 5.57. The molecular formula is C37H37N3O9S. The summed E-state index contributed by atoms with van der Waals surface area (Å²) >= 11 is 0. The number of aryl methyl sites for hydroxylation is 1. The van der Waals surface area contributed by atoms with E-state index in [1.165, 1.54) is 12.1 Å². The van der Waals surface area contributed by atoms with Gasteiger partial charge in [-0.2, -0.15) is 5.06 Å². The van der Waals surface area contributed by atoms with Gasteiger partial charge in [0.05, 0.1) is 35.4 Å². The SMILES string of the molecule is Cc1cc(COc2ccc(S(=O)(=O)CC(C=C3CCOCC3)N(C=O)OC(=O)N3C(=O)OCC3Cc3ccccc3)cc2)c2ccccc2n1. The molecule has 50 heavy (non-hydrogen) atoms. The van der Waals surface area contributed by atoms with E-state index >= 15 is 0 Å². The number of aromatic nitrogens is 1. The van der Waals surface area contributed by atoms with Crippen LogP contribution in [0.25, 0.3) is 10.9 Å². The largest absolute Gasteiger partial charge is 0.489 e. The Morgan fingerprint density at radius 1 is 1.04 bits per heavy atom. The lowest BCUT2D eigenvalue weighted by molar-refractivity contribution is -0.157. The molecule has 13 heteroatoms. The minimum Gasteiger partial charge on any atom is -0.489 e. The maximum Gasteiger partial charge on any atom is 0.444 e. The molecule has 2 unspecified atom stereocenters. The Morgan fingerprint density at radius 3 is 2.50 bits per heavy atom. The zero-order valence-electron chi connectivity index (χ0n) is 27.5. The Morgan fingerprint density at radius 2 is 1.76 bits per heavy atom. The molecular weight excluding hydrogens is 662 g/mol. The van der Waals surface area contributed by atoms with Crippen molar-refractivity contribution < 1.29 is 41.8 Å². The van der Waals surface area contributed by atoms with Crippen LogP contribution in [0.4, 0.5) is 9.59 Å². The van der Waals surface area contributed by atoms with Gasteiger partial charge in [0.25, 0.3) is 0 Å². The number of carbonyl (C=O) groups excluding carboxylic acids is 3. The number of hydrogen-bond donors (Lipinski definition) is 0. The average Bonchev–Trinajstić information content (AvgIpc) is 3.49. The van der Waals surface area contributed by atoms with Gasteiger partial charge >= 0.3 is 12.2 Å². The van der Waals surface area contributed by atoms with Crippen LogP contribution in [0.3, 0.4) is 0 Å². The predicted molar refractivity (Wildman–Crippen MR) is 183 cm³/mol. The molecule has 0 radical (unpaired) electrons. The monoisotopic (exact) mass is 699 g/mol. The lowest BCUT2D eigenvalue weighted by atomic mass is 10.1. The van der Waals surface area contributed by atoms with Gasteiger partial charge < -0.3 is 19.0 Å². The number of pyridine rings is 1. The van der Waals surface area contributed by atoms with E-state index < -0.39 is 39.9 Å². The summed E-state index contributed by atoms with van der Waals surface area (Å²) in [6.45, 7) is 2.99. The van der Waals surface area contributed by atoms with Crippen molar-refractivity contribution in [2.45, 2.75) is 49.8 Å². The van der Waals surface area contributed by atoms with Crippen LogP contribution in [0.5, 0.6) is 5.75 Å². The van der Waals surface area contributed by atoms with E-state index in [1.54, 1.807) is 18.2 Å². The molecule has 2 atom stereocenters. The molecule has 3 amide bonds. The molecule has 6 rings (SSSR count). The Kier molecular flexibility index (Phi) is 10.7. The maximum absolute atomic E-state index is 13.8.